The largest absolute Gasteiger partial charge is 0.489 e. The second-order valence-corrected chi connectivity index (χ2v) is 33.6. The van der Waals surface area contributed by atoms with E-state index in [-0.39, 0.29) is 5.78 Å². The van der Waals surface area contributed by atoms with Crippen molar-refractivity contribution in [2.45, 2.75) is 111 Å². The molecular weight excluding hydrogens is 2090 g/mol. The molecule has 15 aromatic carbocycles. The Kier molecular flexibility index (Phi) is 51.7. The number of fused-ring (bicyclic) bond motifs is 17. The third kappa shape index (κ3) is 30.7. The SMILES string of the molecule is Brc1c(-c2cn3ccccc3n2)ccc2ccccc12.CB(O)O.CC.CC.CC.CC.CC.CC.CC.CC(=O)c1ccc2ccccc2c1Br.CCl.CCl.Clc1ccccc1-c1c(-c2cn3ccccc3n2)ccc2ccccc12.Clc1ccccc1-c1c(-c2cn3ccccc3n2)ccc2ccccc12.Nc1ccccn1.OB(O)c1ccccc1Cl.c1ccc2c(c1)ccc1c3nc4ccccn4c3c3ccccc3c21. The van der Waals surface area contributed by atoms with Crippen LogP contribution >= 0.6 is 89.9 Å². The number of aromatic nitrogens is 9. The molecule has 24 aromatic rings. The molecule has 768 valence electrons. The van der Waals surface area contributed by atoms with Gasteiger partial charge in [0.2, 0.25) is 0 Å². The van der Waals surface area contributed by atoms with Crippen LogP contribution in [0.2, 0.25) is 21.9 Å². The number of hydrogen-bond donors (Lipinski definition) is 5. The van der Waals surface area contributed by atoms with Gasteiger partial charge in [0.05, 0.1) is 28.1 Å². The first kappa shape index (κ1) is 121. The summed E-state index contributed by atoms with van der Waals surface area (Å²) in [6, 6.07) is 124. The van der Waals surface area contributed by atoms with E-state index in [1.807, 2.05) is 274 Å². The zero-order valence-corrected chi connectivity index (χ0v) is 94.9. The lowest BCUT2D eigenvalue weighted by molar-refractivity contribution is 0.101. The molecule has 0 fully saturated rings. The maximum absolute atomic E-state index is 11.3. The van der Waals surface area contributed by atoms with E-state index in [2.05, 4.69) is 288 Å². The Labute approximate surface area is 924 Å². The molecule has 0 saturated carbocycles. The van der Waals surface area contributed by atoms with Crippen LogP contribution in [0.4, 0.5) is 5.82 Å². The molecule has 9 aromatic heterocycles. The molecule has 15 nitrogen and oxygen atoms in total. The van der Waals surface area contributed by atoms with Crippen LogP contribution in [0, 0.1) is 0 Å². The van der Waals surface area contributed by atoms with Gasteiger partial charge in [-0.15, -0.1) is 23.2 Å². The minimum Gasteiger partial charge on any atom is -0.427 e. The van der Waals surface area contributed by atoms with E-state index in [1.165, 1.54) is 89.7 Å². The maximum atomic E-state index is 11.3. The van der Waals surface area contributed by atoms with Gasteiger partial charge in [0.15, 0.2) is 5.78 Å². The number of Topliss-reactive ketones (excluding diaryl/α,β-unsaturated/α-hetero) is 1. The normalized spacial score (nSPS) is 9.95. The van der Waals surface area contributed by atoms with Gasteiger partial charge < -0.3 is 39.0 Å². The molecule has 0 aliphatic heterocycles. The fourth-order valence-corrected chi connectivity index (χ4v) is 18.3. The predicted octanol–water partition coefficient (Wildman–Crippen LogP) is 36.3. The summed E-state index contributed by atoms with van der Waals surface area (Å²) in [7, 11) is -2.64. The summed E-state index contributed by atoms with van der Waals surface area (Å²) < 4.78 is 10.3. The lowest BCUT2D eigenvalue weighted by Crippen LogP contribution is -2.30. The molecule has 9 heterocycles. The van der Waals surface area contributed by atoms with E-state index < -0.39 is 14.2 Å². The van der Waals surface area contributed by atoms with E-state index in [9.17, 15) is 4.79 Å². The number of nitrogen functional groups attached to an aromatic ring is 1. The average Bonchev–Trinajstić information content (AvgIpc) is 1.34. The molecule has 0 aliphatic rings. The van der Waals surface area contributed by atoms with Gasteiger partial charge >= 0.3 is 14.2 Å². The van der Waals surface area contributed by atoms with Crippen molar-refractivity contribution < 1.29 is 24.9 Å². The third-order valence-electron chi connectivity index (χ3n) is 22.2. The van der Waals surface area contributed by atoms with Gasteiger partial charge in [0.1, 0.15) is 28.4 Å². The Morgan fingerprint density at radius 3 is 1.03 bits per heavy atom. The molecule has 0 saturated heterocycles. The van der Waals surface area contributed by atoms with Crippen LogP contribution in [-0.2, 0) is 0 Å². The second-order valence-electron chi connectivity index (χ2n) is 30.8. The standard InChI is InChI=1S/2C23H15ClN2.C23H14N2.C17H11BrN2.C12H9BrO.C6H6BClO2.C5H6N2.7C2H6.CH5BO2.2CH3Cl/c2*24-20-10-4-3-9-18(20)23-17-8-2-1-7-16(17)12-13-19(23)21-15-26-14-6-5-11-22(26)25-21;1-2-8-16-15(7-1)12-13-19-21(16)17-9-3-4-10-18(17)23-22(19)24-20-11-5-6-14-25(20)23;18-17-13-6-2-1-5-12(13)8-9-14(17)15-11-20-10-4-3-7-16(20)19-15;1-8(14)10-7-6-9-4-2-3-5-11(9)12(10)13;8-6-4-2-1-3-5(6)7(9)10;6-5-3-1-2-4-7-5;7*1-2;1-2(3)4;2*1-2/h2*1-15H;1-14H;1-11H;2-7H,1H3;1-4,9-10H;1-4H,(H2,6,7);7*1-2H3;3-4H,1H3;2*1H3. The highest BCUT2D eigenvalue weighted by Gasteiger charge is 2.22. The first-order valence-corrected chi connectivity index (χ1v) is 54.3. The lowest BCUT2D eigenvalue weighted by atomic mass is 9.80. The van der Waals surface area contributed by atoms with Gasteiger partial charge in [-0.3, -0.25) is 9.20 Å². The summed E-state index contributed by atoms with van der Waals surface area (Å²) in [6.07, 6.45) is 19.0. The number of halogens is 7. The number of imidazole rings is 4. The Bertz CT molecular complexity index is 8040. The van der Waals surface area contributed by atoms with Crippen molar-refractivity contribution in [3.05, 3.63) is 449 Å². The average molecular weight is 2220 g/mol. The van der Waals surface area contributed by atoms with E-state index in [4.69, 9.17) is 75.6 Å². The molecule has 150 heavy (non-hydrogen) atoms. The van der Waals surface area contributed by atoms with Gasteiger partial charge in [-0.1, -0.05) is 417 Å². The van der Waals surface area contributed by atoms with Gasteiger partial charge in [-0.2, -0.15) is 0 Å². The molecule has 0 unspecified atom stereocenters. The van der Waals surface area contributed by atoms with Crippen molar-refractivity contribution in [2.24, 2.45) is 0 Å². The van der Waals surface area contributed by atoms with Gasteiger partial charge in [0, 0.05) is 147 Å². The number of nitrogens with zero attached hydrogens (tertiary/aromatic N) is 9. The van der Waals surface area contributed by atoms with Crippen LogP contribution in [-0.4, -0.2) is 95.4 Å². The van der Waals surface area contributed by atoms with Crippen LogP contribution in [0.15, 0.2) is 429 Å². The highest BCUT2D eigenvalue weighted by Crippen LogP contribution is 2.45. The smallest absolute Gasteiger partial charge is 0.427 e. The van der Waals surface area contributed by atoms with Crippen molar-refractivity contribution in [1.82, 2.24) is 42.5 Å². The highest BCUT2D eigenvalue weighted by atomic mass is 79.9. The zero-order valence-electron chi connectivity index (χ0n) is 87.9. The number of carbonyl (C=O) groups is 1. The van der Waals surface area contributed by atoms with Crippen molar-refractivity contribution in [1.29, 1.82) is 0 Å². The van der Waals surface area contributed by atoms with Crippen molar-refractivity contribution in [3.8, 4) is 56.0 Å². The summed E-state index contributed by atoms with van der Waals surface area (Å²) in [5.41, 5.74) is 22.8. The van der Waals surface area contributed by atoms with Crippen LogP contribution in [0.5, 0.6) is 0 Å². The number of anilines is 1. The third-order valence-corrected chi connectivity index (χ3v) is 24.9. The number of rotatable bonds is 7. The van der Waals surface area contributed by atoms with Crippen molar-refractivity contribution in [3.63, 3.8) is 0 Å². The monoisotopic (exact) mass is 2220 g/mol. The molecule has 0 atom stereocenters. The fraction of sp³-hybridized carbons (Fsp3) is 0.143. The first-order valence-electron chi connectivity index (χ1n) is 50.1. The number of ketones is 1. The van der Waals surface area contributed by atoms with Crippen LogP contribution in [0.25, 0.3) is 165 Å². The topological polar surface area (TPSA) is 206 Å². The molecule has 0 spiro atoms. The number of carbonyl (C=O) groups excluding carboxylic acids is 1. The minimum atomic E-state index is -1.48. The highest BCUT2D eigenvalue weighted by molar-refractivity contribution is 9.11. The molecule has 24 rings (SSSR count). The van der Waals surface area contributed by atoms with Crippen molar-refractivity contribution >= 4 is 230 Å². The Hall–Kier alpha value is -13.9. The molecule has 0 amide bonds. The number of benzene rings is 15. The zero-order chi connectivity index (χ0) is 109. The van der Waals surface area contributed by atoms with Gasteiger partial charge in [-0.25, -0.2) is 24.9 Å². The summed E-state index contributed by atoms with van der Waals surface area (Å²) in [5, 5.41) is 51.4. The number of hydrogen-bond acceptors (Lipinski definition) is 11. The molecule has 0 aliphatic carbocycles. The Morgan fingerprint density at radius 2 is 0.640 bits per heavy atom. The lowest BCUT2D eigenvalue weighted by Gasteiger charge is -2.13. The van der Waals surface area contributed by atoms with Gasteiger partial charge in [-0.05, 0) is 195 Å². The number of nitrogens with two attached hydrogens (primary N) is 1. The summed E-state index contributed by atoms with van der Waals surface area (Å²) in [5.74, 6) is 0.658. The summed E-state index contributed by atoms with van der Waals surface area (Å²) in [4.78, 5) is 34.3. The van der Waals surface area contributed by atoms with E-state index in [0.717, 1.165) is 119 Å². The molecule has 6 N–H and O–H groups in total. The fourth-order valence-electron chi connectivity index (χ4n) is 16.2. The quantitative estimate of drug-likeness (QED) is 0.0439. The van der Waals surface area contributed by atoms with Crippen molar-refractivity contribution in [2.75, 3.05) is 18.5 Å². The molecule has 24 heteroatoms. The molecular formula is C126H129B2Br2Cl5N10O5. The second kappa shape index (κ2) is 63.9. The predicted molar refractivity (Wildman–Crippen MR) is 659 cm³/mol. The van der Waals surface area contributed by atoms with E-state index in [1.54, 1.807) is 43.5 Å². The number of alkyl halides is 2. The van der Waals surface area contributed by atoms with Crippen LogP contribution in [0.3, 0.4) is 0 Å². The maximum Gasteiger partial charge on any atom is 0.489 e. The van der Waals surface area contributed by atoms with Crippen LogP contribution < -0.4 is 11.2 Å². The van der Waals surface area contributed by atoms with E-state index >= 15 is 0 Å². The van der Waals surface area contributed by atoms with Crippen LogP contribution in [0.1, 0.15) is 114 Å². The molecule has 0 radical (unpaired) electrons. The summed E-state index contributed by atoms with van der Waals surface area (Å²) in [6.45, 7) is 30.9. The van der Waals surface area contributed by atoms with E-state index in [0.29, 0.717) is 16.3 Å². The Morgan fingerprint density at radius 1 is 0.313 bits per heavy atom. The number of pyridine rings is 5. The first-order chi connectivity index (χ1) is 73.4. The minimum absolute atomic E-state index is 0.0858. The Balaban J connectivity index is 0.000000212. The summed E-state index contributed by atoms with van der Waals surface area (Å²) >= 11 is 35.2. The van der Waals surface area contributed by atoms with Gasteiger partial charge in [0.25, 0.3) is 0 Å². The molecule has 0 bridgehead atoms.